The molecule has 1 aliphatic rings. The van der Waals surface area contributed by atoms with Gasteiger partial charge in [-0.2, -0.15) is 0 Å². The molecule has 2 heterocycles. The zero-order valence-electron chi connectivity index (χ0n) is 18.4. The van der Waals surface area contributed by atoms with Crippen molar-refractivity contribution in [1.29, 1.82) is 0 Å². The highest BCUT2D eigenvalue weighted by Crippen LogP contribution is 2.40. The number of carbonyl (C=O) groups excluding carboxylic acids is 1. The van der Waals surface area contributed by atoms with Gasteiger partial charge >= 0.3 is 0 Å². The number of terminal acetylenes is 1. The van der Waals surface area contributed by atoms with Gasteiger partial charge in [0.2, 0.25) is 0 Å². The van der Waals surface area contributed by atoms with E-state index in [1.165, 1.54) is 11.8 Å². The number of carbonyl (C=O) groups is 1. The molecule has 8 heteroatoms. The van der Waals surface area contributed by atoms with E-state index in [2.05, 4.69) is 21.9 Å². The van der Waals surface area contributed by atoms with Gasteiger partial charge in [-0.05, 0) is 82.7 Å². The van der Waals surface area contributed by atoms with Gasteiger partial charge in [0.25, 0.3) is 5.91 Å². The number of benzene rings is 2. The highest BCUT2D eigenvalue weighted by atomic mass is 79.9. The summed E-state index contributed by atoms with van der Waals surface area (Å²) < 4.78 is 17.5. The molecule has 1 amide bonds. The maximum Gasteiger partial charge on any atom is 0.267 e. The second-order valence-corrected chi connectivity index (χ2v) is 8.93. The highest BCUT2D eigenvalue weighted by molar-refractivity contribution is 9.10. The fourth-order valence-electron chi connectivity index (χ4n) is 3.24. The predicted octanol–water partition coefficient (Wildman–Crippen LogP) is 6.26. The summed E-state index contributed by atoms with van der Waals surface area (Å²) in [4.78, 5) is 20.2. The van der Waals surface area contributed by atoms with Gasteiger partial charge in [0, 0.05) is 0 Å². The van der Waals surface area contributed by atoms with Gasteiger partial charge in [-0.1, -0.05) is 24.1 Å². The van der Waals surface area contributed by atoms with Crippen molar-refractivity contribution in [3.05, 3.63) is 81.6 Å². The molecule has 0 bridgehead atoms. The van der Waals surface area contributed by atoms with Crippen molar-refractivity contribution in [2.45, 2.75) is 13.5 Å². The fourth-order valence-corrected chi connectivity index (χ4v) is 4.81. The Morgan fingerprint density at radius 3 is 2.74 bits per heavy atom. The molecule has 0 aliphatic carbocycles. The normalized spacial score (nSPS) is 15.7. The third-order valence-electron chi connectivity index (χ3n) is 4.69. The standard InChI is InChI=1S/C26H21BrN2O4S/c1-3-12-33-24-21(27)14-18(15-22(24)31-4-2)16-23-25(30)29(17-20-11-8-13-32-20)26(34-23)28-19-9-6-5-7-10-19/h1,5-11,13-16H,4,12,17H2,2H3/b23-16-,28-26?. The van der Waals surface area contributed by atoms with Gasteiger partial charge in [0.05, 0.1) is 34.5 Å². The summed E-state index contributed by atoms with van der Waals surface area (Å²) in [5.41, 5.74) is 1.54. The first-order valence-corrected chi connectivity index (χ1v) is 12.1. The number of nitrogens with zero attached hydrogens (tertiary/aromatic N) is 2. The van der Waals surface area contributed by atoms with Crippen molar-refractivity contribution in [2.75, 3.05) is 13.2 Å². The second-order valence-electron chi connectivity index (χ2n) is 7.07. The number of amides is 1. The molecule has 34 heavy (non-hydrogen) atoms. The zero-order chi connectivity index (χ0) is 23.9. The molecular formula is C26H21BrN2O4S. The number of hydrogen-bond donors (Lipinski definition) is 0. The minimum absolute atomic E-state index is 0.120. The number of furan rings is 1. The fraction of sp³-hybridized carbons (Fsp3) is 0.154. The Kier molecular flexibility index (Phi) is 7.78. The van der Waals surface area contributed by atoms with Crippen LogP contribution in [0.4, 0.5) is 5.69 Å². The number of halogens is 1. The average Bonchev–Trinajstić information content (AvgIpc) is 3.44. The lowest BCUT2D eigenvalue weighted by Gasteiger charge is -2.14. The largest absolute Gasteiger partial charge is 0.490 e. The summed E-state index contributed by atoms with van der Waals surface area (Å²) in [5, 5.41) is 0.580. The van der Waals surface area contributed by atoms with Crippen LogP contribution >= 0.6 is 27.7 Å². The molecule has 4 rings (SSSR count). The number of thioether (sulfide) groups is 1. The molecule has 0 radical (unpaired) electrons. The lowest BCUT2D eigenvalue weighted by Crippen LogP contribution is -2.28. The van der Waals surface area contributed by atoms with Gasteiger partial charge in [0.15, 0.2) is 16.7 Å². The Balaban J connectivity index is 1.69. The molecular weight excluding hydrogens is 516 g/mol. The molecule has 0 spiro atoms. The van der Waals surface area contributed by atoms with E-state index in [0.29, 0.717) is 38.4 Å². The van der Waals surface area contributed by atoms with Crippen molar-refractivity contribution in [3.63, 3.8) is 0 Å². The highest BCUT2D eigenvalue weighted by Gasteiger charge is 2.34. The molecule has 172 valence electrons. The van der Waals surface area contributed by atoms with Crippen molar-refractivity contribution >= 4 is 50.5 Å². The van der Waals surface area contributed by atoms with Crippen LogP contribution in [-0.4, -0.2) is 29.2 Å². The molecule has 1 saturated heterocycles. The van der Waals surface area contributed by atoms with Crippen molar-refractivity contribution in [3.8, 4) is 23.8 Å². The molecule has 2 aromatic carbocycles. The van der Waals surface area contributed by atoms with Crippen LogP contribution in [0.25, 0.3) is 6.08 Å². The van der Waals surface area contributed by atoms with E-state index in [1.54, 1.807) is 17.2 Å². The van der Waals surface area contributed by atoms with Crippen molar-refractivity contribution in [1.82, 2.24) is 4.90 Å². The molecule has 0 atom stereocenters. The summed E-state index contributed by atoms with van der Waals surface area (Å²) in [6.07, 6.45) is 8.73. The number of aliphatic imine (C=N–C) groups is 1. The lowest BCUT2D eigenvalue weighted by molar-refractivity contribution is -0.122. The second kappa shape index (κ2) is 11.1. The van der Waals surface area contributed by atoms with Gasteiger partial charge in [-0.15, -0.1) is 6.42 Å². The van der Waals surface area contributed by atoms with Gasteiger partial charge in [-0.3, -0.25) is 9.69 Å². The van der Waals surface area contributed by atoms with Crippen LogP contribution in [-0.2, 0) is 11.3 Å². The Bertz CT molecular complexity index is 1260. The molecule has 0 saturated carbocycles. The van der Waals surface area contributed by atoms with E-state index in [-0.39, 0.29) is 19.1 Å². The van der Waals surface area contributed by atoms with E-state index < -0.39 is 0 Å². The predicted molar refractivity (Wildman–Crippen MR) is 138 cm³/mol. The third kappa shape index (κ3) is 5.56. The summed E-state index contributed by atoms with van der Waals surface area (Å²) in [6.45, 7) is 2.75. The molecule has 1 aliphatic heterocycles. The Morgan fingerprint density at radius 1 is 1.21 bits per heavy atom. The first-order chi connectivity index (χ1) is 16.6. The number of hydrogen-bond acceptors (Lipinski definition) is 6. The minimum atomic E-state index is -0.155. The first-order valence-electron chi connectivity index (χ1n) is 10.5. The van der Waals surface area contributed by atoms with Gasteiger partial charge in [-0.25, -0.2) is 4.99 Å². The van der Waals surface area contributed by atoms with Gasteiger partial charge < -0.3 is 13.9 Å². The van der Waals surface area contributed by atoms with Crippen LogP contribution in [0.1, 0.15) is 18.2 Å². The maximum atomic E-state index is 13.4. The Hall–Kier alpha value is -3.41. The smallest absolute Gasteiger partial charge is 0.267 e. The number of rotatable bonds is 8. The van der Waals surface area contributed by atoms with E-state index in [1.807, 2.05) is 61.5 Å². The third-order valence-corrected chi connectivity index (χ3v) is 6.29. The number of ether oxygens (including phenoxy) is 2. The van der Waals surface area contributed by atoms with Crippen molar-refractivity contribution in [2.24, 2.45) is 4.99 Å². The number of amidine groups is 1. The molecule has 0 unspecified atom stereocenters. The zero-order valence-corrected chi connectivity index (χ0v) is 20.8. The Labute approximate surface area is 210 Å². The first kappa shape index (κ1) is 23.7. The van der Waals surface area contributed by atoms with Crippen LogP contribution in [0.5, 0.6) is 11.5 Å². The van der Waals surface area contributed by atoms with Crippen LogP contribution in [0.2, 0.25) is 0 Å². The SMILES string of the molecule is C#CCOc1c(Br)cc(/C=C2\SC(=Nc3ccccc3)N(Cc3ccco3)C2=O)cc1OCC. The summed E-state index contributed by atoms with van der Waals surface area (Å²) in [6, 6.07) is 16.8. The summed E-state index contributed by atoms with van der Waals surface area (Å²) in [7, 11) is 0. The molecule has 1 aromatic heterocycles. The molecule has 1 fully saturated rings. The molecule has 6 nitrogen and oxygen atoms in total. The molecule has 3 aromatic rings. The van der Waals surface area contributed by atoms with Crippen LogP contribution in [0, 0.1) is 12.3 Å². The maximum absolute atomic E-state index is 13.4. The van der Waals surface area contributed by atoms with Gasteiger partial charge in [0.1, 0.15) is 12.4 Å². The lowest BCUT2D eigenvalue weighted by atomic mass is 10.2. The van der Waals surface area contributed by atoms with Crippen LogP contribution < -0.4 is 9.47 Å². The minimum Gasteiger partial charge on any atom is -0.490 e. The number of para-hydroxylation sites is 1. The van der Waals surface area contributed by atoms with Crippen LogP contribution in [0.15, 0.2) is 79.6 Å². The van der Waals surface area contributed by atoms with E-state index in [9.17, 15) is 4.79 Å². The van der Waals surface area contributed by atoms with Crippen molar-refractivity contribution < 1.29 is 18.7 Å². The summed E-state index contributed by atoms with van der Waals surface area (Å²) in [5.74, 6) is 4.04. The Morgan fingerprint density at radius 2 is 2.03 bits per heavy atom. The topological polar surface area (TPSA) is 64.3 Å². The van der Waals surface area contributed by atoms with E-state index in [0.717, 1.165) is 11.3 Å². The average molecular weight is 537 g/mol. The monoisotopic (exact) mass is 536 g/mol. The van der Waals surface area contributed by atoms with E-state index in [4.69, 9.17) is 25.3 Å². The molecule has 0 N–H and O–H groups in total. The van der Waals surface area contributed by atoms with E-state index >= 15 is 0 Å². The quantitative estimate of drug-likeness (QED) is 0.251. The summed E-state index contributed by atoms with van der Waals surface area (Å²) >= 11 is 4.84. The van der Waals surface area contributed by atoms with Crippen LogP contribution in [0.3, 0.4) is 0 Å².